The zero-order valence-corrected chi connectivity index (χ0v) is 23.3. The van der Waals surface area contributed by atoms with Gasteiger partial charge in [0.25, 0.3) is 0 Å². The first-order valence-electron chi connectivity index (χ1n) is 13.6. The van der Waals surface area contributed by atoms with Gasteiger partial charge in [0.2, 0.25) is 0 Å². The summed E-state index contributed by atoms with van der Waals surface area (Å²) in [6.45, 7) is 6.38. The Bertz CT molecular complexity index is 1400. The van der Waals surface area contributed by atoms with Crippen LogP contribution in [0, 0.1) is 0 Å². The van der Waals surface area contributed by atoms with Gasteiger partial charge in [-0.15, -0.1) is 0 Å². The summed E-state index contributed by atoms with van der Waals surface area (Å²) in [7, 11) is 0. The minimum atomic E-state index is -4.29. The molecule has 2 amide bonds. The fraction of sp³-hybridized carbons (Fsp3) is 0.433. The van der Waals surface area contributed by atoms with Crippen molar-refractivity contribution in [1.82, 2.24) is 19.6 Å². The number of amides is 2. The summed E-state index contributed by atoms with van der Waals surface area (Å²) in [4.78, 5) is 29.7. The largest absolute Gasteiger partial charge is 0.445 e. The number of hydrogen-bond acceptors (Lipinski definition) is 5. The second-order valence-corrected chi connectivity index (χ2v) is 11.4. The van der Waals surface area contributed by atoms with Crippen molar-refractivity contribution in [2.75, 3.05) is 19.6 Å². The van der Waals surface area contributed by atoms with Crippen LogP contribution in [-0.2, 0) is 35.3 Å². The molecule has 11 heteroatoms. The molecule has 3 aromatic rings. The lowest BCUT2D eigenvalue weighted by atomic mass is 9.96. The first kappa shape index (κ1) is 28.5. The number of benzene rings is 2. The van der Waals surface area contributed by atoms with E-state index in [1.165, 1.54) is 12.1 Å². The average Bonchev–Trinajstić information content (AvgIpc) is 3.16. The molecule has 2 aliphatic heterocycles. The second kappa shape index (κ2) is 11.1. The summed E-state index contributed by atoms with van der Waals surface area (Å²) >= 11 is 0. The maximum absolute atomic E-state index is 13.3. The molecule has 0 saturated carbocycles. The number of hydrogen-bond donors (Lipinski definition) is 0. The predicted molar refractivity (Wildman–Crippen MR) is 145 cm³/mol. The molecule has 1 atom stereocenters. The zero-order chi connectivity index (χ0) is 29.4. The molecule has 0 spiro atoms. The Morgan fingerprint density at radius 1 is 0.927 bits per heavy atom. The summed E-state index contributed by atoms with van der Waals surface area (Å²) < 4.78 is 51.6. The highest BCUT2D eigenvalue weighted by Gasteiger charge is 2.41. The third-order valence-electron chi connectivity index (χ3n) is 7.09. The first-order chi connectivity index (χ1) is 19.4. The molecule has 218 valence electrons. The summed E-state index contributed by atoms with van der Waals surface area (Å²) in [6.07, 6.45) is -5.35. The van der Waals surface area contributed by atoms with E-state index in [1.54, 1.807) is 47.4 Å². The second-order valence-electron chi connectivity index (χ2n) is 11.4. The summed E-state index contributed by atoms with van der Waals surface area (Å²) in [6, 6.07) is 15.0. The fourth-order valence-corrected chi connectivity index (χ4v) is 5.31. The van der Waals surface area contributed by atoms with Gasteiger partial charge in [-0.05, 0) is 44.0 Å². The van der Waals surface area contributed by atoms with Gasteiger partial charge in [0.05, 0.1) is 29.5 Å². The standard InChI is InChI=1S/C30H33F3N4O4/c1-29(2,3)41-28(39)36-16-14-24-26-23(34-37(24)22-11-9-20(10-12-22)17-30(31,32)33)13-15-35(18-25(26)36)27(38)40-19-21-7-5-4-6-8-21/h4-12,25H,13-19H2,1-3H3. The van der Waals surface area contributed by atoms with E-state index in [-0.39, 0.29) is 18.7 Å². The van der Waals surface area contributed by atoms with Crippen molar-refractivity contribution in [3.63, 3.8) is 0 Å². The minimum Gasteiger partial charge on any atom is -0.445 e. The van der Waals surface area contributed by atoms with Crippen molar-refractivity contribution in [3.8, 4) is 5.69 Å². The molecule has 1 unspecified atom stereocenters. The van der Waals surface area contributed by atoms with Crippen LogP contribution in [0.5, 0.6) is 0 Å². The monoisotopic (exact) mass is 570 g/mol. The van der Waals surface area contributed by atoms with Crippen LogP contribution in [-0.4, -0.2) is 63.2 Å². The summed E-state index contributed by atoms with van der Waals surface area (Å²) in [5.74, 6) is 0. The molecule has 1 aromatic heterocycles. The zero-order valence-electron chi connectivity index (χ0n) is 23.3. The predicted octanol–water partition coefficient (Wildman–Crippen LogP) is 6.01. The molecule has 0 bridgehead atoms. The van der Waals surface area contributed by atoms with Crippen molar-refractivity contribution >= 4 is 12.2 Å². The molecular formula is C30H33F3N4O4. The van der Waals surface area contributed by atoms with Crippen LogP contribution >= 0.6 is 0 Å². The lowest BCUT2D eigenvalue weighted by molar-refractivity contribution is -0.127. The number of rotatable bonds is 4. The Labute approximate surface area is 236 Å². The van der Waals surface area contributed by atoms with Crippen LogP contribution in [0.2, 0.25) is 0 Å². The molecule has 8 nitrogen and oxygen atoms in total. The molecule has 2 aromatic carbocycles. The van der Waals surface area contributed by atoms with Gasteiger partial charge in [-0.1, -0.05) is 42.5 Å². The normalized spacial score (nSPS) is 17.1. The van der Waals surface area contributed by atoms with Crippen LogP contribution in [0.1, 0.15) is 54.9 Å². The van der Waals surface area contributed by atoms with Crippen LogP contribution in [0.25, 0.3) is 5.69 Å². The molecule has 0 N–H and O–H groups in total. The molecular weight excluding hydrogens is 537 g/mol. The lowest BCUT2D eigenvalue weighted by Crippen LogP contribution is -2.47. The Morgan fingerprint density at radius 3 is 2.29 bits per heavy atom. The lowest BCUT2D eigenvalue weighted by Gasteiger charge is -2.38. The summed E-state index contributed by atoms with van der Waals surface area (Å²) in [5.41, 5.74) is 3.42. The topological polar surface area (TPSA) is 76.9 Å². The number of aromatic nitrogens is 2. The smallest absolute Gasteiger partial charge is 0.410 e. The van der Waals surface area contributed by atoms with E-state index in [2.05, 4.69) is 0 Å². The van der Waals surface area contributed by atoms with Crippen LogP contribution < -0.4 is 0 Å². The average molecular weight is 571 g/mol. The Morgan fingerprint density at radius 2 is 1.63 bits per heavy atom. The molecule has 41 heavy (non-hydrogen) atoms. The molecule has 3 heterocycles. The molecule has 2 aliphatic rings. The minimum absolute atomic E-state index is 0.129. The quantitative estimate of drug-likeness (QED) is 0.384. The van der Waals surface area contributed by atoms with E-state index >= 15 is 0 Å². The Kier molecular flexibility index (Phi) is 7.72. The van der Waals surface area contributed by atoms with E-state index in [9.17, 15) is 22.8 Å². The molecule has 0 fully saturated rings. The third-order valence-corrected chi connectivity index (χ3v) is 7.09. The number of alkyl halides is 3. The van der Waals surface area contributed by atoms with Gasteiger partial charge in [-0.2, -0.15) is 18.3 Å². The van der Waals surface area contributed by atoms with Gasteiger partial charge in [-0.25, -0.2) is 14.3 Å². The van der Waals surface area contributed by atoms with Crippen molar-refractivity contribution in [1.29, 1.82) is 0 Å². The highest BCUT2D eigenvalue weighted by molar-refractivity contribution is 5.71. The molecule has 5 rings (SSSR count). The Balaban J connectivity index is 1.44. The van der Waals surface area contributed by atoms with Gasteiger partial charge < -0.3 is 14.4 Å². The SMILES string of the molecule is CC(C)(C)OC(=O)N1CCc2c3c(nn2-c2ccc(CC(F)(F)F)cc2)CCN(C(=O)OCc2ccccc2)CC31. The van der Waals surface area contributed by atoms with E-state index in [0.717, 1.165) is 22.5 Å². The van der Waals surface area contributed by atoms with Gasteiger partial charge in [0, 0.05) is 38.0 Å². The van der Waals surface area contributed by atoms with Gasteiger partial charge in [0.15, 0.2) is 0 Å². The van der Waals surface area contributed by atoms with Crippen LogP contribution in [0.15, 0.2) is 54.6 Å². The maximum atomic E-state index is 13.3. The van der Waals surface area contributed by atoms with Gasteiger partial charge in [0.1, 0.15) is 12.2 Å². The first-order valence-corrected chi connectivity index (χ1v) is 13.6. The van der Waals surface area contributed by atoms with Crippen molar-refractivity contribution < 1.29 is 32.2 Å². The van der Waals surface area contributed by atoms with Gasteiger partial charge in [-0.3, -0.25) is 4.90 Å². The van der Waals surface area contributed by atoms with Gasteiger partial charge >= 0.3 is 18.4 Å². The van der Waals surface area contributed by atoms with E-state index in [0.29, 0.717) is 31.6 Å². The number of halogens is 3. The van der Waals surface area contributed by atoms with E-state index in [4.69, 9.17) is 14.6 Å². The number of carbonyl (C=O) groups excluding carboxylic acids is 2. The Hall–Kier alpha value is -4.02. The highest BCUT2D eigenvalue weighted by Crippen LogP contribution is 2.38. The summed E-state index contributed by atoms with van der Waals surface area (Å²) in [5, 5.41) is 4.84. The maximum Gasteiger partial charge on any atom is 0.410 e. The fourth-order valence-electron chi connectivity index (χ4n) is 5.31. The van der Waals surface area contributed by atoms with E-state index in [1.807, 2.05) is 30.3 Å². The number of ether oxygens (including phenoxy) is 2. The van der Waals surface area contributed by atoms with Crippen LogP contribution in [0.4, 0.5) is 22.8 Å². The number of carbonyl (C=O) groups is 2. The van der Waals surface area contributed by atoms with E-state index < -0.39 is 36.4 Å². The molecule has 0 aliphatic carbocycles. The van der Waals surface area contributed by atoms with Crippen molar-refractivity contribution in [3.05, 3.63) is 82.7 Å². The van der Waals surface area contributed by atoms with Crippen LogP contribution in [0.3, 0.4) is 0 Å². The molecule has 0 saturated heterocycles. The van der Waals surface area contributed by atoms with Crippen molar-refractivity contribution in [2.24, 2.45) is 0 Å². The van der Waals surface area contributed by atoms with Crippen molar-refractivity contribution in [2.45, 2.75) is 64.5 Å². The highest BCUT2D eigenvalue weighted by atomic mass is 19.4. The third kappa shape index (κ3) is 6.66. The molecule has 0 radical (unpaired) electrons. The number of nitrogens with zero attached hydrogens (tertiary/aromatic N) is 4.